The van der Waals surface area contributed by atoms with Crippen molar-refractivity contribution < 1.29 is 14.7 Å². The molecule has 1 unspecified atom stereocenters. The molecule has 6 heteroatoms. The summed E-state index contributed by atoms with van der Waals surface area (Å²) < 4.78 is 0.867. The first-order valence-corrected chi connectivity index (χ1v) is 8.90. The third-order valence-electron chi connectivity index (χ3n) is 4.73. The van der Waals surface area contributed by atoms with Crippen LogP contribution in [0.4, 0.5) is 5.69 Å². The van der Waals surface area contributed by atoms with Crippen LogP contribution in [0.15, 0.2) is 22.7 Å². The molecule has 1 aromatic carbocycles. The molecule has 0 bridgehead atoms. The summed E-state index contributed by atoms with van der Waals surface area (Å²) in [5.41, 5.74) is 1.67. The molecule has 0 radical (unpaired) electrons. The lowest BCUT2D eigenvalue weighted by atomic mass is 9.90. The zero-order valence-electron chi connectivity index (χ0n) is 13.0. The highest BCUT2D eigenvalue weighted by molar-refractivity contribution is 9.10. The first-order chi connectivity index (χ1) is 11.1. The highest BCUT2D eigenvalue weighted by Gasteiger charge is 2.31. The third-order valence-corrected chi connectivity index (χ3v) is 5.22. The van der Waals surface area contributed by atoms with Gasteiger partial charge in [0, 0.05) is 29.8 Å². The molecule has 5 nitrogen and oxygen atoms in total. The Kier molecular flexibility index (Phi) is 4.90. The third kappa shape index (κ3) is 3.52. The normalized spacial score (nSPS) is 21.0. The number of hydrogen-bond donors (Lipinski definition) is 1. The van der Waals surface area contributed by atoms with Gasteiger partial charge in [-0.25, -0.2) is 0 Å². The molecule has 1 aromatic rings. The van der Waals surface area contributed by atoms with Crippen molar-refractivity contribution in [1.82, 2.24) is 4.90 Å². The van der Waals surface area contributed by atoms with E-state index in [4.69, 9.17) is 0 Å². The molecule has 0 aliphatic carbocycles. The second-order valence-electron chi connectivity index (χ2n) is 6.25. The van der Waals surface area contributed by atoms with Crippen LogP contribution in [-0.2, 0) is 9.59 Å². The number of benzene rings is 1. The summed E-state index contributed by atoms with van der Waals surface area (Å²) in [6, 6.07) is 5.69. The van der Waals surface area contributed by atoms with Gasteiger partial charge in [-0.15, -0.1) is 0 Å². The Morgan fingerprint density at radius 1 is 1.17 bits per heavy atom. The molecule has 1 N–H and O–H groups in total. The average molecular weight is 381 g/mol. The van der Waals surface area contributed by atoms with E-state index in [1.54, 1.807) is 0 Å². The average Bonchev–Trinajstić information content (AvgIpc) is 2.55. The van der Waals surface area contributed by atoms with E-state index in [0.717, 1.165) is 41.7 Å². The molecule has 2 aliphatic rings. The van der Waals surface area contributed by atoms with Crippen LogP contribution in [0.5, 0.6) is 0 Å². The van der Waals surface area contributed by atoms with Crippen molar-refractivity contribution in [3.8, 4) is 0 Å². The van der Waals surface area contributed by atoms with Crippen molar-refractivity contribution in [1.29, 1.82) is 0 Å². The van der Waals surface area contributed by atoms with Crippen molar-refractivity contribution in [2.24, 2.45) is 0 Å². The lowest BCUT2D eigenvalue weighted by Crippen LogP contribution is -2.45. The maximum atomic E-state index is 12.5. The molecular formula is C17H21BrN2O3. The number of rotatable bonds is 3. The van der Waals surface area contributed by atoms with Crippen LogP contribution in [-0.4, -0.2) is 48.1 Å². The molecular weight excluding hydrogens is 360 g/mol. The van der Waals surface area contributed by atoms with Gasteiger partial charge < -0.3 is 14.9 Å². The van der Waals surface area contributed by atoms with E-state index >= 15 is 0 Å². The monoisotopic (exact) mass is 380 g/mol. The van der Waals surface area contributed by atoms with Gasteiger partial charge in [-0.05, 0) is 49.4 Å². The number of amides is 1. The molecule has 2 aliphatic heterocycles. The summed E-state index contributed by atoms with van der Waals surface area (Å²) in [4.78, 5) is 28.0. The van der Waals surface area contributed by atoms with Crippen LogP contribution >= 0.6 is 15.9 Å². The van der Waals surface area contributed by atoms with E-state index in [-0.39, 0.29) is 5.91 Å². The SMILES string of the molecule is O=C(O)C1CCN(CC(=O)N2CCCCC2)c2ccc(Br)cc21. The van der Waals surface area contributed by atoms with E-state index in [0.29, 0.717) is 19.5 Å². The van der Waals surface area contributed by atoms with Crippen LogP contribution in [0.25, 0.3) is 0 Å². The molecule has 1 amide bonds. The zero-order valence-corrected chi connectivity index (χ0v) is 14.6. The number of carbonyl (C=O) groups excluding carboxylic acids is 1. The van der Waals surface area contributed by atoms with E-state index in [1.165, 1.54) is 6.42 Å². The largest absolute Gasteiger partial charge is 0.481 e. The lowest BCUT2D eigenvalue weighted by molar-refractivity contribution is -0.139. The van der Waals surface area contributed by atoms with Crippen LogP contribution in [0.2, 0.25) is 0 Å². The molecule has 1 saturated heterocycles. The molecule has 0 saturated carbocycles. The van der Waals surface area contributed by atoms with Crippen LogP contribution in [0.1, 0.15) is 37.2 Å². The smallest absolute Gasteiger partial charge is 0.311 e. The predicted molar refractivity (Wildman–Crippen MR) is 91.8 cm³/mol. The van der Waals surface area contributed by atoms with Gasteiger partial charge in [-0.3, -0.25) is 9.59 Å². The maximum Gasteiger partial charge on any atom is 0.311 e. The number of carbonyl (C=O) groups is 2. The fourth-order valence-electron chi connectivity index (χ4n) is 3.48. The van der Waals surface area contributed by atoms with Gasteiger partial charge in [-0.1, -0.05) is 15.9 Å². The van der Waals surface area contributed by atoms with Gasteiger partial charge in [0.25, 0.3) is 0 Å². The number of piperidine rings is 1. The Bertz CT molecular complexity index is 614. The van der Waals surface area contributed by atoms with Crippen LogP contribution in [0, 0.1) is 0 Å². The number of fused-ring (bicyclic) bond motifs is 1. The van der Waals surface area contributed by atoms with Gasteiger partial charge in [-0.2, -0.15) is 0 Å². The van der Waals surface area contributed by atoms with Gasteiger partial charge in [0.1, 0.15) is 0 Å². The van der Waals surface area contributed by atoms with Crippen molar-refractivity contribution in [3.63, 3.8) is 0 Å². The van der Waals surface area contributed by atoms with Crippen LogP contribution < -0.4 is 4.90 Å². The Morgan fingerprint density at radius 3 is 2.61 bits per heavy atom. The van der Waals surface area contributed by atoms with Gasteiger partial charge in [0.15, 0.2) is 0 Å². The van der Waals surface area contributed by atoms with E-state index in [2.05, 4.69) is 15.9 Å². The second kappa shape index (κ2) is 6.91. The number of likely N-dealkylation sites (tertiary alicyclic amines) is 1. The molecule has 124 valence electrons. The second-order valence-corrected chi connectivity index (χ2v) is 7.16. The minimum Gasteiger partial charge on any atom is -0.481 e. The first-order valence-electron chi connectivity index (χ1n) is 8.11. The minimum atomic E-state index is -0.800. The first kappa shape index (κ1) is 16.3. The molecule has 1 atom stereocenters. The minimum absolute atomic E-state index is 0.146. The highest BCUT2D eigenvalue weighted by atomic mass is 79.9. The summed E-state index contributed by atoms with van der Waals surface area (Å²) in [5.74, 6) is -1.15. The van der Waals surface area contributed by atoms with Gasteiger partial charge in [0.05, 0.1) is 12.5 Å². The van der Waals surface area contributed by atoms with E-state index in [1.807, 2.05) is 28.0 Å². The zero-order chi connectivity index (χ0) is 16.4. The van der Waals surface area contributed by atoms with Crippen molar-refractivity contribution in [3.05, 3.63) is 28.2 Å². The van der Waals surface area contributed by atoms with E-state index in [9.17, 15) is 14.7 Å². The number of carboxylic acid groups (broad SMARTS) is 1. The fourth-order valence-corrected chi connectivity index (χ4v) is 3.86. The summed E-state index contributed by atoms with van der Waals surface area (Å²) in [7, 11) is 0. The van der Waals surface area contributed by atoms with Crippen LogP contribution in [0.3, 0.4) is 0 Å². The Balaban J connectivity index is 1.80. The Hall–Kier alpha value is -1.56. The Morgan fingerprint density at radius 2 is 1.91 bits per heavy atom. The topological polar surface area (TPSA) is 60.9 Å². The van der Waals surface area contributed by atoms with E-state index < -0.39 is 11.9 Å². The summed E-state index contributed by atoms with van der Waals surface area (Å²) in [6.07, 6.45) is 3.89. The Labute approximate surface area is 144 Å². The van der Waals surface area contributed by atoms with Gasteiger partial charge >= 0.3 is 5.97 Å². The quantitative estimate of drug-likeness (QED) is 0.875. The fraction of sp³-hybridized carbons (Fsp3) is 0.529. The molecule has 2 heterocycles. The number of aliphatic carboxylic acids is 1. The predicted octanol–water partition coefficient (Wildman–Crippen LogP) is 2.84. The number of hydrogen-bond acceptors (Lipinski definition) is 3. The number of carboxylic acids is 1. The maximum absolute atomic E-state index is 12.5. The molecule has 3 rings (SSSR count). The summed E-state index contributed by atoms with van der Waals surface area (Å²) >= 11 is 3.41. The number of halogens is 1. The van der Waals surface area contributed by atoms with Gasteiger partial charge in [0.2, 0.25) is 5.91 Å². The molecule has 0 spiro atoms. The summed E-state index contributed by atoms with van der Waals surface area (Å²) in [6.45, 7) is 2.63. The molecule has 0 aromatic heterocycles. The van der Waals surface area contributed by atoms with Crippen molar-refractivity contribution in [2.75, 3.05) is 31.1 Å². The standard InChI is InChI=1S/C17H21BrN2O3/c18-12-4-5-15-14(10-12)13(17(22)23)6-9-20(15)11-16(21)19-7-2-1-3-8-19/h4-5,10,13H,1-3,6-9,11H2,(H,22,23). The van der Waals surface area contributed by atoms with Crippen molar-refractivity contribution in [2.45, 2.75) is 31.6 Å². The van der Waals surface area contributed by atoms with Crippen molar-refractivity contribution >= 4 is 33.5 Å². The number of anilines is 1. The lowest BCUT2D eigenvalue weighted by Gasteiger charge is -2.36. The summed E-state index contributed by atoms with van der Waals surface area (Å²) in [5, 5.41) is 9.44. The molecule has 1 fully saturated rings. The molecule has 23 heavy (non-hydrogen) atoms. The highest BCUT2D eigenvalue weighted by Crippen LogP contribution is 2.37. The number of nitrogens with zero attached hydrogens (tertiary/aromatic N) is 2.